The van der Waals surface area contributed by atoms with E-state index in [0.717, 1.165) is 16.5 Å². The molecule has 0 spiro atoms. The Kier molecular flexibility index (Phi) is 1.73. The fourth-order valence-corrected chi connectivity index (χ4v) is 1.97. The van der Waals surface area contributed by atoms with Gasteiger partial charge < -0.3 is 10.3 Å². The van der Waals surface area contributed by atoms with Crippen LogP contribution in [-0.4, -0.2) is 16.9 Å². The predicted molar refractivity (Wildman–Crippen MR) is 57.7 cm³/mol. The molecule has 0 bridgehead atoms. The number of H-pyrrole nitrogens is 1. The van der Waals surface area contributed by atoms with Gasteiger partial charge in [-0.2, -0.15) is 0 Å². The zero-order valence-corrected chi connectivity index (χ0v) is 8.28. The minimum absolute atomic E-state index is 0.310. The Morgan fingerprint density at radius 1 is 1.12 bits per heavy atom. The number of nitrogens with one attached hydrogen (secondary N) is 3. The van der Waals surface area contributed by atoms with Crippen LogP contribution >= 0.6 is 0 Å². The first kappa shape index (κ1) is 8.96. The topological polar surface area (TPSA) is 74.0 Å². The molecule has 0 aliphatic carbocycles. The molecule has 1 unspecified atom stereocenters. The fraction of sp³-hybridized carbons (Fsp3) is 0.0909. The lowest BCUT2D eigenvalue weighted by atomic mass is 10.1. The second-order valence-electron chi connectivity index (χ2n) is 3.69. The Bertz CT molecular complexity index is 588. The number of carbonyl (C=O) groups excluding carboxylic acids is 2. The normalized spacial score (nSPS) is 19.9. The van der Waals surface area contributed by atoms with Crippen LogP contribution in [0.3, 0.4) is 0 Å². The van der Waals surface area contributed by atoms with Gasteiger partial charge in [-0.25, -0.2) is 4.79 Å². The molecule has 3 rings (SSSR count). The number of rotatable bonds is 1. The minimum atomic E-state index is -0.594. The smallest absolute Gasteiger partial charge is 0.322 e. The number of aromatic amines is 1. The van der Waals surface area contributed by atoms with Gasteiger partial charge in [0.25, 0.3) is 5.91 Å². The van der Waals surface area contributed by atoms with Crippen molar-refractivity contribution < 1.29 is 9.59 Å². The van der Waals surface area contributed by atoms with Crippen LogP contribution in [0, 0.1) is 0 Å². The van der Waals surface area contributed by atoms with Crippen molar-refractivity contribution in [3.8, 4) is 0 Å². The van der Waals surface area contributed by atoms with E-state index >= 15 is 0 Å². The van der Waals surface area contributed by atoms with E-state index in [-0.39, 0.29) is 5.91 Å². The summed E-state index contributed by atoms with van der Waals surface area (Å²) in [5.41, 5.74) is 1.74. The van der Waals surface area contributed by atoms with Crippen LogP contribution < -0.4 is 10.6 Å². The third-order valence-corrected chi connectivity index (χ3v) is 2.71. The molecule has 1 aliphatic heterocycles. The summed E-state index contributed by atoms with van der Waals surface area (Å²) in [6.07, 6.45) is 1.75. The Labute approximate surface area is 90.8 Å². The monoisotopic (exact) mass is 215 g/mol. The van der Waals surface area contributed by atoms with Crippen LogP contribution in [0.15, 0.2) is 30.5 Å². The number of benzene rings is 1. The van der Waals surface area contributed by atoms with Gasteiger partial charge in [0.05, 0.1) is 0 Å². The highest BCUT2D eigenvalue weighted by molar-refractivity contribution is 6.06. The molecular formula is C11H9N3O2. The molecule has 1 aromatic carbocycles. The highest BCUT2D eigenvalue weighted by Crippen LogP contribution is 2.25. The molecule has 0 saturated carbocycles. The van der Waals surface area contributed by atoms with Crippen molar-refractivity contribution in [2.45, 2.75) is 6.04 Å². The predicted octanol–water partition coefficient (Wildman–Crippen LogP) is 1.05. The molecule has 80 valence electrons. The van der Waals surface area contributed by atoms with Crippen molar-refractivity contribution in [1.29, 1.82) is 0 Å². The van der Waals surface area contributed by atoms with Crippen LogP contribution in [0.2, 0.25) is 0 Å². The molecule has 2 heterocycles. The number of imide groups is 1. The van der Waals surface area contributed by atoms with E-state index in [0.29, 0.717) is 0 Å². The average molecular weight is 215 g/mol. The number of amides is 3. The minimum Gasteiger partial charge on any atom is -0.361 e. The zero-order valence-electron chi connectivity index (χ0n) is 8.28. The maximum atomic E-state index is 11.5. The van der Waals surface area contributed by atoms with Crippen molar-refractivity contribution in [2.24, 2.45) is 0 Å². The summed E-state index contributed by atoms with van der Waals surface area (Å²) in [7, 11) is 0. The van der Waals surface area contributed by atoms with E-state index < -0.39 is 12.1 Å². The number of urea groups is 1. The number of carbonyl (C=O) groups is 2. The Hall–Kier alpha value is -2.30. The Morgan fingerprint density at radius 2 is 1.94 bits per heavy atom. The number of para-hydroxylation sites is 1. The van der Waals surface area contributed by atoms with Gasteiger partial charge in [0.2, 0.25) is 0 Å². The summed E-state index contributed by atoms with van der Waals surface area (Å²) in [4.78, 5) is 25.6. The molecule has 0 radical (unpaired) electrons. The molecular weight excluding hydrogens is 206 g/mol. The van der Waals surface area contributed by atoms with Crippen LogP contribution in [-0.2, 0) is 4.79 Å². The van der Waals surface area contributed by atoms with Gasteiger partial charge in [-0.1, -0.05) is 18.2 Å². The molecule has 5 nitrogen and oxygen atoms in total. The maximum absolute atomic E-state index is 11.5. The first-order valence-corrected chi connectivity index (χ1v) is 4.93. The molecule has 3 N–H and O–H groups in total. The molecule has 2 aromatic rings. The lowest BCUT2D eigenvalue weighted by Gasteiger charge is -2.04. The maximum Gasteiger partial charge on any atom is 0.322 e. The second kappa shape index (κ2) is 3.10. The molecule has 5 heteroatoms. The molecule has 1 fully saturated rings. The van der Waals surface area contributed by atoms with Gasteiger partial charge in [-0.05, 0) is 6.07 Å². The lowest BCUT2D eigenvalue weighted by Crippen LogP contribution is -2.22. The van der Waals surface area contributed by atoms with E-state index in [1.54, 1.807) is 6.20 Å². The third kappa shape index (κ3) is 1.18. The zero-order chi connectivity index (χ0) is 11.1. The van der Waals surface area contributed by atoms with E-state index in [1.807, 2.05) is 24.3 Å². The summed E-state index contributed by atoms with van der Waals surface area (Å²) in [5.74, 6) is -0.310. The van der Waals surface area contributed by atoms with Crippen molar-refractivity contribution in [2.75, 3.05) is 0 Å². The van der Waals surface area contributed by atoms with E-state index in [2.05, 4.69) is 15.6 Å². The summed E-state index contributed by atoms with van der Waals surface area (Å²) >= 11 is 0. The number of aromatic nitrogens is 1. The van der Waals surface area contributed by atoms with E-state index in [1.165, 1.54) is 0 Å². The van der Waals surface area contributed by atoms with Gasteiger partial charge in [0, 0.05) is 22.7 Å². The van der Waals surface area contributed by atoms with Gasteiger partial charge in [0.1, 0.15) is 6.04 Å². The quantitative estimate of drug-likeness (QED) is 0.622. The van der Waals surface area contributed by atoms with Crippen molar-refractivity contribution >= 4 is 22.8 Å². The Balaban J connectivity index is 2.13. The van der Waals surface area contributed by atoms with Gasteiger partial charge in [-0.15, -0.1) is 0 Å². The SMILES string of the molecule is O=C1NC(=O)C(c2c[nH]c3ccccc23)N1. The Morgan fingerprint density at radius 3 is 2.69 bits per heavy atom. The lowest BCUT2D eigenvalue weighted by molar-refractivity contribution is -0.120. The highest BCUT2D eigenvalue weighted by Gasteiger charge is 2.32. The second-order valence-corrected chi connectivity index (χ2v) is 3.69. The largest absolute Gasteiger partial charge is 0.361 e. The number of hydrogen-bond acceptors (Lipinski definition) is 2. The third-order valence-electron chi connectivity index (χ3n) is 2.71. The summed E-state index contributed by atoms with van der Waals surface area (Å²) in [6.45, 7) is 0. The summed E-state index contributed by atoms with van der Waals surface area (Å²) in [6, 6.07) is 6.61. The first-order valence-electron chi connectivity index (χ1n) is 4.93. The van der Waals surface area contributed by atoms with E-state index in [9.17, 15) is 9.59 Å². The van der Waals surface area contributed by atoms with Crippen LogP contribution in [0.25, 0.3) is 10.9 Å². The molecule has 1 aliphatic rings. The van der Waals surface area contributed by atoms with Gasteiger partial charge in [-0.3, -0.25) is 10.1 Å². The van der Waals surface area contributed by atoms with E-state index in [4.69, 9.17) is 0 Å². The van der Waals surface area contributed by atoms with Crippen LogP contribution in [0.5, 0.6) is 0 Å². The number of fused-ring (bicyclic) bond motifs is 1. The van der Waals surface area contributed by atoms with Crippen LogP contribution in [0.4, 0.5) is 4.79 Å². The molecule has 1 aromatic heterocycles. The highest BCUT2D eigenvalue weighted by atomic mass is 16.2. The van der Waals surface area contributed by atoms with Crippen molar-refractivity contribution in [1.82, 2.24) is 15.6 Å². The summed E-state index contributed by atoms with van der Waals surface area (Å²) in [5, 5.41) is 5.74. The number of hydrogen-bond donors (Lipinski definition) is 3. The molecule has 16 heavy (non-hydrogen) atoms. The van der Waals surface area contributed by atoms with Crippen molar-refractivity contribution in [3.05, 3.63) is 36.0 Å². The molecule has 1 saturated heterocycles. The fourth-order valence-electron chi connectivity index (χ4n) is 1.97. The van der Waals surface area contributed by atoms with Crippen molar-refractivity contribution in [3.63, 3.8) is 0 Å². The average Bonchev–Trinajstić information content (AvgIpc) is 2.81. The summed E-state index contributed by atoms with van der Waals surface area (Å²) < 4.78 is 0. The van der Waals surface area contributed by atoms with Crippen LogP contribution in [0.1, 0.15) is 11.6 Å². The van der Waals surface area contributed by atoms with Gasteiger partial charge in [0.15, 0.2) is 0 Å². The molecule has 3 amide bonds. The molecule has 1 atom stereocenters. The standard InChI is InChI=1S/C11H9N3O2/c15-10-9(13-11(16)14-10)7-5-12-8-4-2-1-3-6(7)8/h1-5,9,12H,(H2,13,14,15,16). The van der Waals surface area contributed by atoms with Gasteiger partial charge >= 0.3 is 6.03 Å². The first-order chi connectivity index (χ1) is 7.75.